The molecule has 0 bridgehead atoms. The molecule has 0 aliphatic rings. The van der Waals surface area contributed by atoms with Gasteiger partial charge in [0.2, 0.25) is 0 Å². The minimum Gasteiger partial charge on any atom is -0.449 e. The molecule has 0 saturated carbocycles. The van der Waals surface area contributed by atoms with Crippen LogP contribution in [0.5, 0.6) is 0 Å². The fourth-order valence-electron chi connectivity index (χ4n) is 0.604. The predicted octanol–water partition coefficient (Wildman–Crippen LogP) is 2.63. The number of hydrogen-bond donors (Lipinski definition) is 1. The van der Waals surface area contributed by atoms with Crippen molar-refractivity contribution in [3.05, 3.63) is 12.3 Å². The first-order valence-electron chi connectivity index (χ1n) is 3.67. The molecule has 0 spiro atoms. The van der Waals surface area contributed by atoms with Gasteiger partial charge in [0.25, 0.3) is 0 Å². The Morgan fingerprint density at radius 1 is 1.64 bits per heavy atom. The van der Waals surface area contributed by atoms with Gasteiger partial charge in [-0.1, -0.05) is 13.8 Å². The Morgan fingerprint density at radius 2 is 2.27 bits per heavy atom. The molecule has 1 N–H and O–H groups in total. The average Bonchev–Trinajstić information content (AvgIpc) is 1.85. The van der Waals surface area contributed by atoms with E-state index in [0.29, 0.717) is 5.92 Å². The summed E-state index contributed by atoms with van der Waals surface area (Å²) in [7, 11) is 0. The van der Waals surface area contributed by atoms with Crippen LogP contribution in [0.2, 0.25) is 0 Å². The Kier molecular flexibility index (Phi) is 5.25. The van der Waals surface area contributed by atoms with Crippen LogP contribution in [0.3, 0.4) is 0 Å². The lowest BCUT2D eigenvalue weighted by Crippen LogP contribution is -1.91. The minimum absolute atomic E-state index is 0.643. The van der Waals surface area contributed by atoms with Crippen molar-refractivity contribution in [3.8, 4) is 0 Å². The maximum atomic E-state index is 9.82. The topological polar surface area (TPSA) is 46.5 Å². The monoisotopic (exact) mass is 158 g/mol. The quantitative estimate of drug-likeness (QED) is 0.505. The number of carboxylic acid groups (broad SMARTS) is 1. The van der Waals surface area contributed by atoms with E-state index in [4.69, 9.17) is 5.11 Å². The molecule has 0 fully saturated rings. The Labute approximate surface area is 66.7 Å². The van der Waals surface area contributed by atoms with Gasteiger partial charge >= 0.3 is 6.16 Å². The van der Waals surface area contributed by atoms with Crippen LogP contribution in [-0.4, -0.2) is 11.3 Å². The molecule has 3 heteroatoms. The van der Waals surface area contributed by atoms with Gasteiger partial charge in [0.15, 0.2) is 0 Å². The largest absolute Gasteiger partial charge is 0.510 e. The average molecular weight is 158 g/mol. The zero-order chi connectivity index (χ0) is 8.69. The lowest BCUT2D eigenvalue weighted by molar-refractivity contribution is 0.128. The maximum absolute atomic E-state index is 9.82. The molecule has 0 aliphatic carbocycles. The summed E-state index contributed by atoms with van der Waals surface area (Å²) in [4.78, 5) is 9.82. The molecule has 0 heterocycles. The van der Waals surface area contributed by atoms with E-state index < -0.39 is 6.16 Å². The highest BCUT2D eigenvalue weighted by Gasteiger charge is 1.91. The van der Waals surface area contributed by atoms with Crippen molar-refractivity contribution in [2.75, 3.05) is 0 Å². The fraction of sp³-hybridized carbons (Fsp3) is 0.625. The molecule has 0 radical (unpaired) electrons. The molecule has 0 amide bonds. The Hall–Kier alpha value is -0.990. The van der Waals surface area contributed by atoms with Crippen molar-refractivity contribution in [1.29, 1.82) is 0 Å². The Morgan fingerprint density at radius 3 is 2.73 bits per heavy atom. The van der Waals surface area contributed by atoms with E-state index in [2.05, 4.69) is 18.6 Å². The van der Waals surface area contributed by atoms with Crippen molar-refractivity contribution >= 4 is 6.16 Å². The Bertz CT molecular complexity index is 138. The van der Waals surface area contributed by atoms with Crippen molar-refractivity contribution in [3.63, 3.8) is 0 Å². The van der Waals surface area contributed by atoms with E-state index in [0.717, 1.165) is 12.8 Å². The number of rotatable bonds is 4. The lowest BCUT2D eigenvalue weighted by Gasteiger charge is -1.98. The summed E-state index contributed by atoms with van der Waals surface area (Å²) in [5.41, 5.74) is 0. The lowest BCUT2D eigenvalue weighted by atomic mass is 10.1. The van der Waals surface area contributed by atoms with Gasteiger partial charge in [0.1, 0.15) is 0 Å². The van der Waals surface area contributed by atoms with Gasteiger partial charge < -0.3 is 9.84 Å². The van der Waals surface area contributed by atoms with E-state index in [1.807, 2.05) is 0 Å². The first-order valence-corrected chi connectivity index (χ1v) is 3.67. The molecular formula is C8H14O3. The molecule has 11 heavy (non-hydrogen) atoms. The van der Waals surface area contributed by atoms with Crippen LogP contribution in [0.15, 0.2) is 12.3 Å². The summed E-state index contributed by atoms with van der Waals surface area (Å²) in [5, 5.41) is 8.05. The van der Waals surface area contributed by atoms with Gasteiger partial charge in [-0.25, -0.2) is 4.79 Å². The second kappa shape index (κ2) is 5.77. The standard InChI is InChI=1S/C8H14O3/c1-7(2)5-3-4-6-11-8(9)10/h4,6-7H,3,5H2,1-2H3,(H,9,10). The van der Waals surface area contributed by atoms with Gasteiger partial charge in [0.05, 0.1) is 6.26 Å². The molecule has 0 unspecified atom stereocenters. The summed E-state index contributed by atoms with van der Waals surface area (Å²) in [6, 6.07) is 0. The van der Waals surface area contributed by atoms with Crippen LogP contribution in [-0.2, 0) is 4.74 Å². The summed E-state index contributed by atoms with van der Waals surface area (Å²) in [6.45, 7) is 4.23. The van der Waals surface area contributed by atoms with Crippen molar-refractivity contribution < 1.29 is 14.6 Å². The SMILES string of the molecule is CC(C)CCC=COC(=O)O. The third kappa shape index (κ3) is 9.01. The van der Waals surface area contributed by atoms with Crippen molar-refractivity contribution in [1.82, 2.24) is 0 Å². The Balaban J connectivity index is 3.23. The summed E-state index contributed by atoms with van der Waals surface area (Å²) in [6.07, 6.45) is 3.59. The molecule has 0 aromatic heterocycles. The molecule has 0 aromatic rings. The summed E-state index contributed by atoms with van der Waals surface area (Å²) >= 11 is 0. The van der Waals surface area contributed by atoms with Gasteiger partial charge in [-0.05, 0) is 24.8 Å². The molecule has 0 aliphatic heterocycles. The number of carbonyl (C=O) groups is 1. The summed E-state index contributed by atoms with van der Waals surface area (Å²) in [5.74, 6) is 0.643. The van der Waals surface area contributed by atoms with E-state index in [9.17, 15) is 4.79 Å². The maximum Gasteiger partial charge on any atom is 0.510 e. The molecule has 0 atom stereocenters. The van der Waals surface area contributed by atoms with Gasteiger partial charge in [-0.3, -0.25) is 0 Å². The highest BCUT2D eigenvalue weighted by molar-refractivity contribution is 5.57. The molecule has 0 aromatic carbocycles. The van der Waals surface area contributed by atoms with E-state index in [1.165, 1.54) is 6.26 Å². The summed E-state index contributed by atoms with van der Waals surface area (Å²) < 4.78 is 4.16. The number of ether oxygens (including phenoxy) is 1. The van der Waals surface area contributed by atoms with Crippen molar-refractivity contribution in [2.45, 2.75) is 26.7 Å². The van der Waals surface area contributed by atoms with Crippen LogP contribution in [0.4, 0.5) is 4.79 Å². The van der Waals surface area contributed by atoms with Gasteiger partial charge in [-0.2, -0.15) is 0 Å². The smallest absolute Gasteiger partial charge is 0.449 e. The second-order valence-electron chi connectivity index (χ2n) is 2.73. The highest BCUT2D eigenvalue weighted by atomic mass is 16.7. The normalized spacial score (nSPS) is 10.8. The fourth-order valence-corrected chi connectivity index (χ4v) is 0.604. The first kappa shape index (κ1) is 10.0. The molecule has 64 valence electrons. The van der Waals surface area contributed by atoms with Crippen LogP contribution in [0, 0.1) is 5.92 Å². The van der Waals surface area contributed by atoms with E-state index in [1.54, 1.807) is 6.08 Å². The minimum atomic E-state index is -1.26. The van der Waals surface area contributed by atoms with Crippen LogP contribution in [0.25, 0.3) is 0 Å². The van der Waals surface area contributed by atoms with Crippen molar-refractivity contribution in [2.24, 2.45) is 5.92 Å². The van der Waals surface area contributed by atoms with Crippen LogP contribution in [0.1, 0.15) is 26.7 Å². The molecular weight excluding hydrogens is 144 g/mol. The zero-order valence-corrected chi connectivity index (χ0v) is 6.91. The first-order chi connectivity index (χ1) is 5.13. The van der Waals surface area contributed by atoms with Crippen LogP contribution < -0.4 is 0 Å². The van der Waals surface area contributed by atoms with Gasteiger partial charge in [-0.15, -0.1) is 0 Å². The third-order valence-electron chi connectivity index (χ3n) is 1.18. The second-order valence-corrected chi connectivity index (χ2v) is 2.73. The number of allylic oxidation sites excluding steroid dienone is 1. The van der Waals surface area contributed by atoms with E-state index in [-0.39, 0.29) is 0 Å². The van der Waals surface area contributed by atoms with E-state index >= 15 is 0 Å². The third-order valence-corrected chi connectivity index (χ3v) is 1.18. The highest BCUT2D eigenvalue weighted by Crippen LogP contribution is 2.03. The zero-order valence-electron chi connectivity index (χ0n) is 6.91. The van der Waals surface area contributed by atoms with Crippen LogP contribution >= 0.6 is 0 Å². The molecule has 0 rings (SSSR count). The predicted molar refractivity (Wildman–Crippen MR) is 42.3 cm³/mol. The van der Waals surface area contributed by atoms with Gasteiger partial charge in [0, 0.05) is 0 Å². The number of hydrogen-bond acceptors (Lipinski definition) is 2. The molecule has 0 saturated heterocycles. The molecule has 3 nitrogen and oxygen atoms in total.